The van der Waals surface area contributed by atoms with Crippen molar-refractivity contribution in [1.82, 2.24) is 5.06 Å². The van der Waals surface area contributed by atoms with Crippen molar-refractivity contribution in [2.45, 2.75) is 41.5 Å². The molecule has 142 valence electrons. The molecule has 2 rings (SSSR count). The lowest BCUT2D eigenvalue weighted by Crippen LogP contribution is -2.33. The number of aliphatic hydroxyl groups excluding tert-OH is 2. The average molecular weight is 360 g/mol. The highest BCUT2D eigenvalue weighted by molar-refractivity contribution is 5.50. The number of hydrogen-bond donors (Lipinski definition) is 2. The van der Waals surface area contributed by atoms with Crippen molar-refractivity contribution in [3.8, 4) is 0 Å². The lowest BCUT2D eigenvalue weighted by Gasteiger charge is -2.43. The maximum absolute atomic E-state index is 13.1. The monoisotopic (exact) mass is 360 g/mol. The van der Waals surface area contributed by atoms with Gasteiger partial charge in [0.2, 0.25) is 5.70 Å². The van der Waals surface area contributed by atoms with Crippen LogP contribution in [-0.4, -0.2) is 33.3 Å². The molecule has 0 fully saturated rings. The summed E-state index contributed by atoms with van der Waals surface area (Å²) in [4.78, 5) is 13.1. The van der Waals surface area contributed by atoms with Crippen LogP contribution in [0.3, 0.4) is 0 Å². The van der Waals surface area contributed by atoms with Crippen LogP contribution in [0.1, 0.15) is 41.5 Å². The van der Waals surface area contributed by atoms with Gasteiger partial charge in [0.25, 0.3) is 5.70 Å². The second-order valence-electron chi connectivity index (χ2n) is 8.59. The van der Waals surface area contributed by atoms with Gasteiger partial charge in [-0.3, -0.25) is 0 Å². The third kappa shape index (κ3) is 3.58. The summed E-state index contributed by atoms with van der Waals surface area (Å²) in [5, 5.41) is 33.4. The van der Waals surface area contributed by atoms with E-state index >= 15 is 0 Å². The normalized spacial score (nSPS) is 22.0. The Labute approximate surface area is 154 Å². The van der Waals surface area contributed by atoms with E-state index in [1.165, 1.54) is 0 Å². The van der Waals surface area contributed by atoms with Crippen LogP contribution in [-0.2, 0) is 0 Å². The first-order chi connectivity index (χ1) is 11.9. The van der Waals surface area contributed by atoms with Crippen LogP contribution in [0, 0.1) is 20.9 Å². The van der Waals surface area contributed by atoms with Gasteiger partial charge in [-0.05, 0) is 12.2 Å². The molecule has 0 aromatic carbocycles. The molecule has 0 aromatic heterocycles. The molecule has 0 saturated carbocycles. The molecule has 0 atom stereocenters. The summed E-state index contributed by atoms with van der Waals surface area (Å²) < 4.78 is 0.709. The Bertz CT molecular complexity index is 769. The SMILES string of the molecule is CC(C)(C)C1=CC=C(CO)C(=C2C(CO)=CC=C(C(C)(C)C)[N+]2=O)N1[O-]. The molecule has 0 saturated heterocycles. The number of aliphatic hydroxyl groups is 2. The molecule has 0 bridgehead atoms. The van der Waals surface area contributed by atoms with E-state index in [1.807, 2.05) is 41.5 Å². The zero-order chi connectivity index (χ0) is 19.9. The Balaban J connectivity index is 2.75. The Morgan fingerprint density at radius 3 is 1.92 bits per heavy atom. The van der Waals surface area contributed by atoms with E-state index in [9.17, 15) is 20.3 Å². The predicted molar refractivity (Wildman–Crippen MR) is 101 cm³/mol. The maximum Gasteiger partial charge on any atom is 0.291 e. The summed E-state index contributed by atoms with van der Waals surface area (Å²) >= 11 is 0. The highest BCUT2D eigenvalue weighted by Crippen LogP contribution is 2.41. The van der Waals surface area contributed by atoms with Gasteiger partial charge in [-0.2, -0.15) is 0 Å². The smallest absolute Gasteiger partial charge is 0.291 e. The quantitative estimate of drug-likeness (QED) is 0.736. The first kappa shape index (κ1) is 20.3. The van der Waals surface area contributed by atoms with Crippen molar-refractivity contribution in [1.29, 1.82) is 0 Å². The maximum atomic E-state index is 13.1. The highest BCUT2D eigenvalue weighted by atomic mass is 16.5. The van der Waals surface area contributed by atoms with Crippen LogP contribution in [0.4, 0.5) is 0 Å². The Hall–Kier alpha value is -2.02. The third-order valence-corrected chi connectivity index (χ3v) is 4.44. The number of hydroxylamine groups is 2. The van der Waals surface area contributed by atoms with E-state index in [-0.39, 0.29) is 24.6 Å². The second kappa shape index (κ2) is 6.95. The summed E-state index contributed by atoms with van der Waals surface area (Å²) in [6, 6.07) is 0. The average Bonchev–Trinajstić information content (AvgIpc) is 2.52. The second-order valence-corrected chi connectivity index (χ2v) is 8.59. The first-order valence-electron chi connectivity index (χ1n) is 8.67. The molecule has 0 aromatic rings. The van der Waals surface area contributed by atoms with Gasteiger partial charge in [0, 0.05) is 27.7 Å². The summed E-state index contributed by atoms with van der Waals surface area (Å²) in [7, 11) is 0. The molecule has 0 radical (unpaired) electrons. The topological polar surface area (TPSA) is 86.8 Å². The van der Waals surface area contributed by atoms with Gasteiger partial charge >= 0.3 is 0 Å². The summed E-state index contributed by atoms with van der Waals surface area (Å²) in [5.74, 6) is 0. The molecule has 2 aliphatic rings. The molecule has 2 N–H and O–H groups in total. The largest absolute Gasteiger partial charge is 0.754 e. The molecule has 0 aliphatic carbocycles. The molecule has 2 heterocycles. The van der Waals surface area contributed by atoms with Gasteiger partial charge in [-0.15, -0.1) is 0 Å². The zero-order valence-electron chi connectivity index (χ0n) is 16.3. The Morgan fingerprint density at radius 1 is 0.923 bits per heavy atom. The molecule has 6 heteroatoms. The first-order valence-corrected chi connectivity index (χ1v) is 8.67. The van der Waals surface area contributed by atoms with Gasteiger partial charge < -0.3 is 20.5 Å². The van der Waals surface area contributed by atoms with Crippen molar-refractivity contribution in [3.05, 3.63) is 68.4 Å². The van der Waals surface area contributed by atoms with Crippen LogP contribution in [0.5, 0.6) is 0 Å². The Kier molecular flexibility index (Phi) is 5.42. The van der Waals surface area contributed by atoms with Crippen molar-refractivity contribution < 1.29 is 15.0 Å². The third-order valence-electron chi connectivity index (χ3n) is 4.44. The fourth-order valence-electron chi connectivity index (χ4n) is 3.02. The number of rotatable bonds is 2. The van der Waals surface area contributed by atoms with Crippen molar-refractivity contribution in [3.63, 3.8) is 0 Å². The van der Waals surface area contributed by atoms with Gasteiger partial charge in [-0.25, -0.2) is 0 Å². The summed E-state index contributed by atoms with van der Waals surface area (Å²) in [6.45, 7) is 10.7. The molecular formula is C20H28N2O4. The minimum absolute atomic E-state index is 0.0880. The highest BCUT2D eigenvalue weighted by Gasteiger charge is 2.42. The van der Waals surface area contributed by atoms with Crippen LogP contribution < -0.4 is 0 Å². The Morgan fingerprint density at radius 2 is 1.46 bits per heavy atom. The van der Waals surface area contributed by atoms with E-state index in [4.69, 9.17) is 0 Å². The fourth-order valence-corrected chi connectivity index (χ4v) is 3.02. The van der Waals surface area contributed by atoms with Gasteiger partial charge in [0.15, 0.2) is 0 Å². The summed E-state index contributed by atoms with van der Waals surface area (Å²) in [6.07, 6.45) is 6.66. The van der Waals surface area contributed by atoms with E-state index in [1.54, 1.807) is 24.3 Å². The van der Waals surface area contributed by atoms with E-state index in [0.717, 1.165) is 0 Å². The van der Waals surface area contributed by atoms with E-state index in [2.05, 4.69) is 0 Å². The standard InChI is InChI=1S/C20H28N2O4/c1-19(2,3)15-9-7-13(11-23)17(21(15)25)18-14(12-24)8-10-16(22(18)26)20(4,5)6/h7-10,23-24H,11-12H2,1-6H3. The number of nitrogens with zero attached hydrogens (tertiary/aromatic N) is 2. The van der Waals surface area contributed by atoms with Crippen LogP contribution in [0.2, 0.25) is 0 Å². The molecule has 6 nitrogen and oxygen atoms in total. The number of hydrogen-bond acceptors (Lipinski definition) is 5. The molecular weight excluding hydrogens is 332 g/mol. The summed E-state index contributed by atoms with van der Waals surface area (Å²) in [5.41, 5.74) is 0.940. The van der Waals surface area contributed by atoms with E-state index < -0.39 is 10.8 Å². The van der Waals surface area contributed by atoms with Crippen LogP contribution in [0.25, 0.3) is 0 Å². The fraction of sp³-hybridized carbons (Fsp3) is 0.500. The van der Waals surface area contributed by atoms with Crippen LogP contribution >= 0.6 is 0 Å². The van der Waals surface area contributed by atoms with Gasteiger partial charge in [0.1, 0.15) is 5.70 Å². The zero-order valence-corrected chi connectivity index (χ0v) is 16.3. The molecule has 26 heavy (non-hydrogen) atoms. The molecule has 0 spiro atoms. The predicted octanol–water partition coefficient (Wildman–Crippen LogP) is 3.50. The van der Waals surface area contributed by atoms with Crippen LogP contribution in [0.15, 0.2) is 58.2 Å². The molecule has 0 unspecified atom stereocenters. The molecule has 2 aliphatic heterocycles. The minimum Gasteiger partial charge on any atom is -0.754 e. The van der Waals surface area contributed by atoms with Gasteiger partial charge in [-0.1, -0.05) is 47.6 Å². The minimum atomic E-state index is -0.445. The van der Waals surface area contributed by atoms with Gasteiger partial charge in [0.05, 0.1) is 29.0 Å². The van der Waals surface area contributed by atoms with Crippen molar-refractivity contribution >= 4 is 0 Å². The number of nitroso groups, excluding NO2 is 1. The lowest BCUT2D eigenvalue weighted by molar-refractivity contribution is -0.458. The van der Waals surface area contributed by atoms with E-state index in [0.29, 0.717) is 32.4 Å². The lowest BCUT2D eigenvalue weighted by atomic mass is 9.86. The van der Waals surface area contributed by atoms with Crippen molar-refractivity contribution in [2.24, 2.45) is 10.8 Å². The molecule has 0 amide bonds. The number of allylic oxidation sites excluding steroid dienone is 6. The van der Waals surface area contributed by atoms with Crippen molar-refractivity contribution in [2.75, 3.05) is 13.2 Å².